The lowest BCUT2D eigenvalue weighted by Crippen LogP contribution is -2.42. The Morgan fingerprint density at radius 2 is 1.74 bits per heavy atom. The van der Waals surface area contributed by atoms with Crippen molar-refractivity contribution in [3.8, 4) is 0 Å². The van der Waals surface area contributed by atoms with Gasteiger partial charge in [-0.2, -0.15) is 0 Å². The van der Waals surface area contributed by atoms with Crippen LogP contribution in [0.25, 0.3) is 11.4 Å². The summed E-state index contributed by atoms with van der Waals surface area (Å²) in [5, 5.41) is 11.6. The van der Waals surface area contributed by atoms with Gasteiger partial charge in [-0.25, -0.2) is 4.98 Å². The molecule has 1 unspecified atom stereocenters. The van der Waals surface area contributed by atoms with Crippen LogP contribution in [-0.2, 0) is 19.7 Å². The van der Waals surface area contributed by atoms with E-state index in [9.17, 15) is 14.7 Å². The summed E-state index contributed by atoms with van der Waals surface area (Å²) in [7, 11) is 0. The van der Waals surface area contributed by atoms with Crippen LogP contribution in [-0.4, -0.2) is 75.4 Å². The molecule has 4 heterocycles. The van der Waals surface area contributed by atoms with Crippen molar-refractivity contribution in [1.82, 2.24) is 19.2 Å². The number of benzene rings is 1. The number of aryl methyl sites for hydroxylation is 2. The van der Waals surface area contributed by atoms with E-state index in [1.807, 2.05) is 60.8 Å². The zero-order chi connectivity index (χ0) is 27.2. The number of fused-ring (bicyclic) bond motifs is 1. The van der Waals surface area contributed by atoms with E-state index in [1.54, 1.807) is 4.90 Å². The third kappa shape index (κ3) is 4.63. The van der Waals surface area contributed by atoms with Gasteiger partial charge in [0.1, 0.15) is 11.3 Å². The maximum absolute atomic E-state index is 13.5. The number of ketones is 1. The van der Waals surface area contributed by atoms with Crippen molar-refractivity contribution < 1.29 is 19.4 Å². The van der Waals surface area contributed by atoms with Gasteiger partial charge in [-0.15, -0.1) is 0 Å². The Morgan fingerprint density at radius 1 is 1.05 bits per heavy atom. The Hall–Kier alpha value is -3.49. The zero-order valence-electron chi connectivity index (χ0n) is 22.8. The Morgan fingerprint density at radius 3 is 2.37 bits per heavy atom. The monoisotopic (exact) mass is 516 g/mol. The lowest BCUT2D eigenvalue weighted by atomic mass is 9.85. The molecule has 2 fully saturated rings. The third-order valence-electron chi connectivity index (χ3n) is 7.70. The SMILES string of the molecule is Cc1cccn2c(C)c(C(O)=C3C(=O)C(=O)N(CCN4CCOCC4)C3c3ccc(C(C)(C)C)cc3)nc12. The van der Waals surface area contributed by atoms with E-state index in [0.29, 0.717) is 43.3 Å². The fraction of sp³-hybridized carbons (Fsp3) is 0.433. The van der Waals surface area contributed by atoms with E-state index >= 15 is 0 Å². The number of aromatic nitrogens is 2. The molecule has 8 heteroatoms. The molecule has 1 N–H and O–H groups in total. The minimum atomic E-state index is -0.699. The maximum Gasteiger partial charge on any atom is 0.295 e. The number of aliphatic hydroxyl groups excluding tert-OH is 1. The topological polar surface area (TPSA) is 87.4 Å². The second-order valence-electron chi connectivity index (χ2n) is 11.2. The predicted molar refractivity (Wildman–Crippen MR) is 146 cm³/mol. The van der Waals surface area contributed by atoms with E-state index in [-0.39, 0.29) is 16.7 Å². The molecule has 0 saturated carbocycles. The number of carbonyl (C=O) groups excluding carboxylic acids is 2. The highest BCUT2D eigenvalue weighted by Gasteiger charge is 2.46. The number of Topliss-reactive ketones (excluding diaryl/α,β-unsaturated/α-hetero) is 1. The van der Waals surface area contributed by atoms with Crippen LogP contribution >= 0.6 is 0 Å². The number of carbonyl (C=O) groups is 2. The molecular weight excluding hydrogens is 480 g/mol. The summed E-state index contributed by atoms with van der Waals surface area (Å²) in [5.74, 6) is -1.51. The molecular formula is C30H36N4O4. The number of nitrogens with zero attached hydrogens (tertiary/aromatic N) is 4. The number of aliphatic hydroxyl groups is 1. The number of pyridine rings is 1. The van der Waals surface area contributed by atoms with Crippen LogP contribution < -0.4 is 0 Å². The summed E-state index contributed by atoms with van der Waals surface area (Å²) in [4.78, 5) is 35.4. The smallest absolute Gasteiger partial charge is 0.295 e. The Kier molecular flexibility index (Phi) is 6.88. The molecule has 8 nitrogen and oxygen atoms in total. The van der Waals surface area contributed by atoms with E-state index < -0.39 is 17.7 Å². The van der Waals surface area contributed by atoms with Crippen LogP contribution in [0.5, 0.6) is 0 Å². The second kappa shape index (κ2) is 10.0. The molecule has 1 atom stereocenters. The van der Waals surface area contributed by atoms with Crippen LogP contribution in [0.2, 0.25) is 0 Å². The van der Waals surface area contributed by atoms with Gasteiger partial charge in [-0.1, -0.05) is 51.1 Å². The highest BCUT2D eigenvalue weighted by Crippen LogP contribution is 2.40. The Balaban J connectivity index is 1.61. The van der Waals surface area contributed by atoms with Crippen LogP contribution in [0.4, 0.5) is 0 Å². The van der Waals surface area contributed by atoms with Crippen molar-refractivity contribution in [3.63, 3.8) is 0 Å². The fourth-order valence-corrected chi connectivity index (χ4v) is 5.37. The number of likely N-dealkylation sites (tertiary alicyclic amines) is 1. The van der Waals surface area contributed by atoms with Gasteiger partial charge in [-0.3, -0.25) is 14.5 Å². The molecule has 0 bridgehead atoms. The molecule has 0 aliphatic carbocycles. The first-order chi connectivity index (χ1) is 18.1. The molecule has 1 aromatic carbocycles. The largest absolute Gasteiger partial charge is 0.505 e. The van der Waals surface area contributed by atoms with Crippen LogP contribution in [0.3, 0.4) is 0 Å². The van der Waals surface area contributed by atoms with Crippen molar-refractivity contribution >= 4 is 23.1 Å². The number of ether oxygens (including phenoxy) is 1. The number of amides is 1. The highest BCUT2D eigenvalue weighted by atomic mass is 16.5. The first-order valence-electron chi connectivity index (χ1n) is 13.2. The van der Waals surface area contributed by atoms with Crippen LogP contribution in [0.15, 0.2) is 48.2 Å². The molecule has 1 amide bonds. The van der Waals surface area contributed by atoms with Crippen molar-refractivity contribution in [2.75, 3.05) is 39.4 Å². The van der Waals surface area contributed by atoms with Crippen LogP contribution in [0.1, 0.15) is 54.9 Å². The molecule has 5 rings (SSSR count). The summed E-state index contributed by atoms with van der Waals surface area (Å²) in [5.41, 5.74) is 4.68. The van der Waals surface area contributed by atoms with Crippen molar-refractivity contribution in [3.05, 3.63) is 76.2 Å². The van der Waals surface area contributed by atoms with E-state index in [0.717, 1.165) is 29.8 Å². The number of imidazole rings is 1. The van der Waals surface area contributed by atoms with E-state index in [1.165, 1.54) is 0 Å². The zero-order valence-corrected chi connectivity index (χ0v) is 22.8. The molecule has 0 radical (unpaired) electrons. The summed E-state index contributed by atoms with van der Waals surface area (Å²) in [6, 6.07) is 11.2. The second-order valence-corrected chi connectivity index (χ2v) is 11.2. The first-order valence-corrected chi connectivity index (χ1v) is 13.2. The van der Waals surface area contributed by atoms with E-state index in [4.69, 9.17) is 4.74 Å². The Bertz CT molecular complexity index is 1410. The quantitative estimate of drug-likeness (QED) is 0.313. The van der Waals surface area contributed by atoms with Gasteiger partial charge >= 0.3 is 0 Å². The minimum absolute atomic E-state index is 0.0395. The number of morpholine rings is 1. The Labute approximate surface area is 223 Å². The van der Waals surface area contributed by atoms with Gasteiger partial charge < -0.3 is 19.1 Å². The number of hydrogen-bond acceptors (Lipinski definition) is 6. The highest BCUT2D eigenvalue weighted by molar-refractivity contribution is 6.46. The molecule has 2 aromatic heterocycles. The van der Waals surface area contributed by atoms with Gasteiger partial charge in [0.05, 0.1) is 30.5 Å². The van der Waals surface area contributed by atoms with Gasteiger partial charge in [-0.05, 0) is 42.0 Å². The molecule has 2 saturated heterocycles. The average molecular weight is 517 g/mol. The lowest BCUT2D eigenvalue weighted by Gasteiger charge is -2.31. The summed E-state index contributed by atoms with van der Waals surface area (Å²) >= 11 is 0. The predicted octanol–water partition coefficient (Wildman–Crippen LogP) is 4.00. The number of hydrogen-bond donors (Lipinski definition) is 1. The van der Waals surface area contributed by atoms with Gasteiger partial charge in [0.2, 0.25) is 0 Å². The van der Waals surface area contributed by atoms with Crippen LogP contribution in [0, 0.1) is 13.8 Å². The van der Waals surface area contributed by atoms with E-state index in [2.05, 4.69) is 30.7 Å². The molecule has 0 spiro atoms. The standard InChI is InChI=1S/C30H36N4O4/c1-19-7-6-12-33-20(2)24(31-28(19)33)26(35)23-25(21-8-10-22(11-9-21)30(3,4)5)34(29(37)27(23)36)14-13-32-15-17-38-18-16-32/h6-12,25,35H,13-18H2,1-5H3. The van der Waals surface area contributed by atoms with Gasteiger partial charge in [0.25, 0.3) is 11.7 Å². The van der Waals surface area contributed by atoms with Crippen molar-refractivity contribution in [2.45, 2.75) is 46.1 Å². The van der Waals surface area contributed by atoms with Crippen molar-refractivity contribution in [1.29, 1.82) is 0 Å². The summed E-state index contributed by atoms with van der Waals surface area (Å²) in [6.45, 7) is 14.1. The lowest BCUT2D eigenvalue weighted by molar-refractivity contribution is -0.140. The molecule has 200 valence electrons. The maximum atomic E-state index is 13.5. The normalized spacial score (nSPS) is 20.6. The number of rotatable bonds is 5. The molecule has 38 heavy (non-hydrogen) atoms. The molecule has 2 aliphatic rings. The summed E-state index contributed by atoms with van der Waals surface area (Å²) < 4.78 is 7.35. The third-order valence-corrected chi connectivity index (χ3v) is 7.70. The van der Waals surface area contributed by atoms with Gasteiger partial charge in [0, 0.05) is 32.4 Å². The van der Waals surface area contributed by atoms with Crippen molar-refractivity contribution in [2.24, 2.45) is 0 Å². The van der Waals surface area contributed by atoms with Gasteiger partial charge in [0.15, 0.2) is 5.76 Å². The first kappa shape index (κ1) is 26.1. The molecule has 2 aliphatic heterocycles. The average Bonchev–Trinajstić information content (AvgIpc) is 3.37. The molecule has 3 aromatic rings. The summed E-state index contributed by atoms with van der Waals surface area (Å²) in [6.07, 6.45) is 1.88. The fourth-order valence-electron chi connectivity index (χ4n) is 5.37. The minimum Gasteiger partial charge on any atom is -0.505 e.